The van der Waals surface area contributed by atoms with Gasteiger partial charge in [0.2, 0.25) is 0 Å². The van der Waals surface area contributed by atoms with E-state index in [1.54, 1.807) is 0 Å². The minimum Gasteiger partial charge on any atom is -0.481 e. The summed E-state index contributed by atoms with van der Waals surface area (Å²) in [5, 5.41) is 21.0. The average molecular weight is 617 g/mol. The van der Waals surface area contributed by atoms with Gasteiger partial charge in [0, 0.05) is 12.8 Å². The van der Waals surface area contributed by atoms with Crippen LogP contribution in [-0.2, 0) is 14.3 Å². The molecule has 0 amide bonds. The summed E-state index contributed by atoms with van der Waals surface area (Å²) in [6.07, 6.45) is 25.6. The van der Waals surface area contributed by atoms with Gasteiger partial charge in [-0.2, -0.15) is 0 Å². The van der Waals surface area contributed by atoms with Crippen molar-refractivity contribution in [1.29, 1.82) is 0 Å². The summed E-state index contributed by atoms with van der Waals surface area (Å²) in [4.78, 5) is 24.0. The second-order valence-corrected chi connectivity index (χ2v) is 16.4. The monoisotopic (exact) mass is 617 g/mol. The molecular weight excluding hydrogens is 548 g/mol. The van der Waals surface area contributed by atoms with E-state index in [1.807, 2.05) is 0 Å². The van der Waals surface area contributed by atoms with E-state index in [0.29, 0.717) is 48.3 Å². The summed E-state index contributed by atoms with van der Waals surface area (Å²) < 4.78 is 6.08. The molecule has 4 aliphatic rings. The lowest BCUT2D eigenvalue weighted by molar-refractivity contribution is -0.181. The molecule has 0 aromatic heterocycles. The Morgan fingerprint density at radius 2 is 1.43 bits per heavy atom. The number of hydrogen-bond acceptors (Lipinski definition) is 4. The zero-order valence-electron chi connectivity index (χ0n) is 29.0. The van der Waals surface area contributed by atoms with Crippen LogP contribution < -0.4 is 0 Å². The molecule has 254 valence electrons. The highest BCUT2D eigenvalue weighted by atomic mass is 16.5. The molecule has 4 saturated carbocycles. The van der Waals surface area contributed by atoms with E-state index in [9.17, 15) is 19.8 Å². The zero-order valence-corrected chi connectivity index (χ0v) is 29.0. The lowest BCUT2D eigenvalue weighted by Crippen LogP contribution is -2.59. The zero-order chi connectivity index (χ0) is 31.7. The Morgan fingerprint density at radius 3 is 2.07 bits per heavy atom. The van der Waals surface area contributed by atoms with Gasteiger partial charge in [0.15, 0.2) is 0 Å². The molecule has 10 unspecified atom stereocenters. The van der Waals surface area contributed by atoms with Gasteiger partial charge >= 0.3 is 11.9 Å². The van der Waals surface area contributed by atoms with Crippen LogP contribution in [0.25, 0.3) is 0 Å². The Bertz CT molecular complexity index is 903. The number of carboxylic acids is 1. The van der Waals surface area contributed by atoms with Crippen LogP contribution in [0.15, 0.2) is 0 Å². The van der Waals surface area contributed by atoms with Gasteiger partial charge in [0.25, 0.3) is 0 Å². The number of rotatable bonds is 18. The first-order valence-electron chi connectivity index (χ1n) is 19.2. The van der Waals surface area contributed by atoms with Gasteiger partial charge in [-0.1, -0.05) is 98.3 Å². The van der Waals surface area contributed by atoms with Crippen molar-refractivity contribution in [1.82, 2.24) is 0 Å². The van der Waals surface area contributed by atoms with E-state index in [2.05, 4.69) is 27.7 Å². The predicted octanol–water partition coefficient (Wildman–Crippen LogP) is 10.1. The van der Waals surface area contributed by atoms with E-state index >= 15 is 0 Å². The molecular formula is C39H68O5. The van der Waals surface area contributed by atoms with Crippen LogP contribution in [-0.4, -0.2) is 34.4 Å². The van der Waals surface area contributed by atoms with Crippen LogP contribution in [0.5, 0.6) is 0 Å². The number of hydrogen-bond donors (Lipinski definition) is 2. The predicted molar refractivity (Wildman–Crippen MR) is 178 cm³/mol. The molecule has 0 aliphatic heterocycles. The number of fused-ring (bicyclic) bond motifs is 5. The molecule has 0 aromatic rings. The number of aliphatic hydroxyl groups excluding tert-OH is 1. The van der Waals surface area contributed by atoms with Crippen molar-refractivity contribution < 1.29 is 24.5 Å². The van der Waals surface area contributed by atoms with Crippen molar-refractivity contribution in [3.8, 4) is 0 Å². The average Bonchev–Trinajstić information content (AvgIpc) is 3.36. The van der Waals surface area contributed by atoms with Gasteiger partial charge in [0.05, 0.1) is 6.10 Å². The van der Waals surface area contributed by atoms with Crippen molar-refractivity contribution in [2.45, 2.75) is 188 Å². The largest absolute Gasteiger partial charge is 0.481 e. The van der Waals surface area contributed by atoms with E-state index < -0.39 is 5.97 Å². The maximum absolute atomic E-state index is 12.7. The second kappa shape index (κ2) is 16.6. The van der Waals surface area contributed by atoms with Crippen LogP contribution >= 0.6 is 0 Å². The second-order valence-electron chi connectivity index (χ2n) is 16.4. The Kier molecular flexibility index (Phi) is 13.5. The highest BCUT2D eigenvalue weighted by Gasteiger charge is 2.63. The molecule has 0 spiro atoms. The number of esters is 1. The maximum Gasteiger partial charge on any atom is 0.306 e. The van der Waals surface area contributed by atoms with Crippen molar-refractivity contribution in [2.24, 2.45) is 46.3 Å². The number of ether oxygens (including phenoxy) is 1. The van der Waals surface area contributed by atoms with E-state index in [-0.39, 0.29) is 35.4 Å². The molecule has 0 radical (unpaired) electrons. The smallest absolute Gasteiger partial charge is 0.306 e. The first kappa shape index (κ1) is 35.7. The van der Waals surface area contributed by atoms with Crippen molar-refractivity contribution >= 4 is 11.9 Å². The molecule has 5 heteroatoms. The molecule has 4 aliphatic carbocycles. The summed E-state index contributed by atoms with van der Waals surface area (Å²) in [7, 11) is 0. The molecule has 4 fully saturated rings. The van der Waals surface area contributed by atoms with Gasteiger partial charge < -0.3 is 14.9 Å². The standard InChI is InChI=1S/C39H68O5/c1-5-6-7-8-9-10-11-12-13-14-15-16-17-37(43)44-30-24-25-38(3)29(26-30)19-20-31-33-22-21-32(28(2)18-23-36(41)42)39(33,4)35(40)27-34(31)38/h28-35,40H,5-27H2,1-4H3,(H,41,42). The molecule has 0 aromatic carbocycles. The molecule has 2 N–H and O–H groups in total. The van der Waals surface area contributed by atoms with Crippen molar-refractivity contribution in [3.63, 3.8) is 0 Å². The maximum atomic E-state index is 12.7. The van der Waals surface area contributed by atoms with Gasteiger partial charge in [-0.15, -0.1) is 0 Å². The first-order chi connectivity index (χ1) is 21.1. The lowest BCUT2D eigenvalue weighted by Gasteiger charge is -2.62. The van der Waals surface area contributed by atoms with Crippen molar-refractivity contribution in [2.75, 3.05) is 0 Å². The third-order valence-corrected chi connectivity index (χ3v) is 13.8. The van der Waals surface area contributed by atoms with Gasteiger partial charge in [0.1, 0.15) is 6.10 Å². The fourth-order valence-electron chi connectivity index (χ4n) is 11.2. The SMILES string of the molecule is CCCCCCCCCCCCCCC(=O)OC1CCC2(C)C(CCC3C2CC(O)C2(C)C(C(C)CCC(=O)O)CCC32)C1. The fourth-order valence-corrected chi connectivity index (χ4v) is 11.2. The summed E-state index contributed by atoms with van der Waals surface area (Å²) in [5.41, 5.74) is 0.125. The highest BCUT2D eigenvalue weighted by Crippen LogP contribution is 2.68. The third-order valence-electron chi connectivity index (χ3n) is 13.8. The number of carboxylic acid groups (broad SMARTS) is 1. The van der Waals surface area contributed by atoms with Crippen LogP contribution in [0.1, 0.15) is 175 Å². The summed E-state index contributed by atoms with van der Waals surface area (Å²) in [6, 6.07) is 0. The van der Waals surface area contributed by atoms with Gasteiger partial charge in [-0.25, -0.2) is 0 Å². The molecule has 5 nitrogen and oxygen atoms in total. The number of aliphatic carboxylic acids is 1. The van der Waals surface area contributed by atoms with Crippen LogP contribution in [0.4, 0.5) is 0 Å². The topological polar surface area (TPSA) is 83.8 Å². The van der Waals surface area contributed by atoms with Gasteiger partial charge in [-0.05, 0) is 111 Å². The minimum absolute atomic E-state index is 0.0113. The molecule has 0 bridgehead atoms. The van der Waals surface area contributed by atoms with Crippen LogP contribution in [0.2, 0.25) is 0 Å². The first-order valence-corrected chi connectivity index (χ1v) is 19.2. The highest BCUT2D eigenvalue weighted by molar-refractivity contribution is 5.69. The quantitative estimate of drug-likeness (QED) is 0.118. The normalized spacial score (nSPS) is 37.1. The summed E-state index contributed by atoms with van der Waals surface area (Å²) in [5.74, 6) is 2.36. The fraction of sp³-hybridized carbons (Fsp3) is 0.949. The van der Waals surface area contributed by atoms with Crippen molar-refractivity contribution in [3.05, 3.63) is 0 Å². The molecule has 10 atom stereocenters. The summed E-state index contributed by atoms with van der Waals surface area (Å²) in [6.45, 7) is 9.33. The number of carbonyl (C=O) groups is 2. The van der Waals surface area contributed by atoms with E-state index in [4.69, 9.17) is 4.74 Å². The van der Waals surface area contributed by atoms with E-state index in [1.165, 1.54) is 83.5 Å². The summed E-state index contributed by atoms with van der Waals surface area (Å²) >= 11 is 0. The van der Waals surface area contributed by atoms with Crippen LogP contribution in [0, 0.1) is 46.3 Å². The Labute approximate surface area is 270 Å². The number of aliphatic hydroxyl groups is 1. The van der Waals surface area contributed by atoms with Crippen LogP contribution in [0.3, 0.4) is 0 Å². The lowest BCUT2D eigenvalue weighted by atomic mass is 9.43. The molecule has 0 saturated heterocycles. The van der Waals surface area contributed by atoms with E-state index in [0.717, 1.165) is 44.9 Å². The third kappa shape index (κ3) is 8.43. The minimum atomic E-state index is -0.710. The molecule has 0 heterocycles. The molecule has 4 rings (SSSR count). The Hall–Kier alpha value is -1.10. The molecule has 44 heavy (non-hydrogen) atoms. The van der Waals surface area contributed by atoms with Gasteiger partial charge in [-0.3, -0.25) is 9.59 Å². The number of unbranched alkanes of at least 4 members (excludes halogenated alkanes) is 11. The Balaban J connectivity index is 1.18. The number of carbonyl (C=O) groups excluding carboxylic acids is 1. The Morgan fingerprint density at radius 1 is 0.795 bits per heavy atom.